The Morgan fingerprint density at radius 2 is 1.57 bits per heavy atom. The van der Waals surface area contributed by atoms with Gasteiger partial charge in [-0.05, 0) is 60.9 Å². The van der Waals surface area contributed by atoms with Crippen LogP contribution in [0.15, 0.2) is 66.7 Å². The van der Waals surface area contributed by atoms with Crippen LogP contribution in [-0.4, -0.2) is 70.5 Å². The number of aliphatic hydroxyl groups is 1. The van der Waals surface area contributed by atoms with Crippen LogP contribution < -0.4 is 16.4 Å². The van der Waals surface area contributed by atoms with E-state index in [1.165, 1.54) is 64.4 Å². The van der Waals surface area contributed by atoms with E-state index in [0.717, 1.165) is 4.31 Å². The van der Waals surface area contributed by atoms with Crippen LogP contribution in [0.3, 0.4) is 0 Å². The van der Waals surface area contributed by atoms with Gasteiger partial charge in [-0.15, -0.1) is 0 Å². The third kappa shape index (κ3) is 6.97. The molecule has 44 heavy (non-hydrogen) atoms. The second kappa shape index (κ2) is 13.2. The maximum Gasteiger partial charge on any atom is 0.321 e. The Morgan fingerprint density at radius 3 is 2.14 bits per heavy atom. The average Bonchev–Trinajstić information content (AvgIpc) is 2.97. The van der Waals surface area contributed by atoms with Crippen LogP contribution >= 0.6 is 0 Å². The van der Waals surface area contributed by atoms with Gasteiger partial charge in [-0.3, -0.25) is 4.79 Å². The van der Waals surface area contributed by atoms with Gasteiger partial charge < -0.3 is 36.0 Å². The monoisotopic (exact) mass is 633 g/mol. The van der Waals surface area contributed by atoms with Crippen molar-refractivity contribution in [2.75, 3.05) is 36.4 Å². The van der Waals surface area contributed by atoms with Crippen LogP contribution in [0.1, 0.15) is 36.1 Å². The van der Waals surface area contributed by atoms with Crippen molar-refractivity contribution in [2.45, 2.75) is 25.0 Å². The van der Waals surface area contributed by atoms with E-state index >= 15 is 0 Å². The number of nitrogens with one attached hydrogen (secondary N) is 1. The zero-order valence-electron chi connectivity index (χ0n) is 23.8. The molecule has 3 aromatic carbocycles. The Kier molecular flexibility index (Phi) is 9.85. The summed E-state index contributed by atoms with van der Waals surface area (Å²) in [6.45, 7) is -0.232. The smallest absolute Gasteiger partial charge is 0.321 e. The molecule has 0 spiro atoms. The first-order valence-corrected chi connectivity index (χ1v) is 14.9. The summed E-state index contributed by atoms with van der Waals surface area (Å²) in [5.41, 5.74) is 1.53. The highest BCUT2D eigenvalue weighted by atomic mass is 32.2. The molecule has 236 valence electrons. The van der Waals surface area contributed by atoms with E-state index in [-0.39, 0.29) is 62.5 Å². The lowest BCUT2D eigenvalue weighted by atomic mass is 9.78. The van der Waals surface area contributed by atoms with Crippen molar-refractivity contribution in [3.8, 4) is 5.75 Å². The number of anilines is 2. The molecule has 15 heteroatoms. The van der Waals surface area contributed by atoms with Gasteiger partial charge in [0, 0.05) is 49.2 Å². The van der Waals surface area contributed by atoms with Crippen LogP contribution in [0.4, 0.5) is 25.0 Å². The Labute approximate surface area is 253 Å². The second-order valence-electron chi connectivity index (χ2n) is 10.4. The second-order valence-corrected chi connectivity index (χ2v) is 11.8. The summed E-state index contributed by atoms with van der Waals surface area (Å²) in [5, 5.41) is 24.3. The van der Waals surface area contributed by atoms with Crippen molar-refractivity contribution in [3.63, 3.8) is 0 Å². The van der Waals surface area contributed by atoms with E-state index in [1.807, 2.05) is 0 Å². The molecule has 0 saturated carbocycles. The van der Waals surface area contributed by atoms with Gasteiger partial charge >= 0.3 is 6.03 Å². The fraction of sp³-hybridized carbons (Fsp3) is 0.310. The van der Waals surface area contributed by atoms with Gasteiger partial charge in [0.2, 0.25) is 5.91 Å². The zero-order chi connectivity index (χ0) is 30.9. The average molecular weight is 634 g/mol. The highest BCUT2D eigenvalue weighted by Crippen LogP contribution is 2.49. The van der Waals surface area contributed by atoms with Gasteiger partial charge in [0.1, 0.15) is 17.4 Å². The molecule has 0 bridgehead atoms. The third-order valence-corrected chi connectivity index (χ3v) is 8.76. The number of aliphatic hydroxyl groups excluding tert-OH is 1. The number of carbonyl (C=O) groups is 2. The molecule has 0 aromatic heterocycles. The highest BCUT2D eigenvalue weighted by molar-refractivity contribution is 7.83. The third-order valence-electron chi connectivity index (χ3n) is 7.77. The predicted octanol–water partition coefficient (Wildman–Crippen LogP) is 3.87. The maximum atomic E-state index is 13.6. The molecule has 0 radical (unpaired) electrons. The highest BCUT2D eigenvalue weighted by Gasteiger charge is 2.49. The Hall–Kier alpha value is -4.15. The molecular formula is C29H33F2N5O7S. The van der Waals surface area contributed by atoms with E-state index in [2.05, 4.69) is 5.32 Å². The summed E-state index contributed by atoms with van der Waals surface area (Å²) in [6.07, 6.45) is -0.523. The molecule has 5 rings (SSSR count). The first kappa shape index (κ1) is 32.8. The normalized spacial score (nSPS) is 19.6. The molecule has 7 N–H and O–H groups in total. The van der Waals surface area contributed by atoms with Crippen molar-refractivity contribution in [3.05, 3.63) is 89.5 Å². The molecule has 2 saturated heterocycles. The van der Waals surface area contributed by atoms with E-state index in [4.69, 9.17) is 0 Å². The number of piperazine rings is 1. The fourth-order valence-electron chi connectivity index (χ4n) is 5.45. The summed E-state index contributed by atoms with van der Waals surface area (Å²) in [4.78, 5) is 28.8. The number of rotatable bonds is 8. The number of urea groups is 1. The van der Waals surface area contributed by atoms with Crippen molar-refractivity contribution in [1.29, 1.82) is 0 Å². The number of phenols is 1. The van der Waals surface area contributed by atoms with Crippen molar-refractivity contribution in [1.82, 2.24) is 15.4 Å². The van der Waals surface area contributed by atoms with Crippen LogP contribution in [0.5, 0.6) is 5.75 Å². The summed E-state index contributed by atoms with van der Waals surface area (Å²) < 4.78 is 61.2. The van der Waals surface area contributed by atoms with Gasteiger partial charge in [0.05, 0.1) is 18.1 Å². The lowest BCUT2D eigenvalue weighted by Gasteiger charge is -2.48. The van der Waals surface area contributed by atoms with Crippen molar-refractivity contribution >= 4 is 33.6 Å². The number of β-lactam (4-membered cyclic amide) rings is 1. The number of benzene rings is 3. The number of phenolic OH excluding ortho intramolecular Hbond substituents is 1. The van der Waals surface area contributed by atoms with E-state index in [0.29, 0.717) is 16.8 Å². The van der Waals surface area contributed by atoms with E-state index in [9.17, 15) is 41.6 Å². The molecule has 0 aliphatic carbocycles. The Morgan fingerprint density at radius 1 is 0.977 bits per heavy atom. The minimum atomic E-state index is -4.59. The summed E-state index contributed by atoms with van der Waals surface area (Å²) in [6, 6.07) is 14.0. The minimum Gasteiger partial charge on any atom is -0.735 e. The Bertz CT molecular complexity index is 1600. The minimum absolute atomic E-state index is 0. The molecule has 3 aromatic rings. The largest absolute Gasteiger partial charge is 0.735 e. The number of quaternary nitrogens is 1. The number of aromatic hydroxyl groups is 1. The Balaban J connectivity index is 0.00000442. The SMILES string of the molecule is O=C(Nc1ccc([C@@H]2[C@@H](CC[C@H](O)c3ccc(F)cc3)C(=O)N2c2ccc(F)cc2)c(O)c1)N1CCN(S(=O)(=O)[O-])CC1.[NH4+]. The molecule has 2 fully saturated rings. The summed E-state index contributed by atoms with van der Waals surface area (Å²) in [7, 11) is -4.59. The standard InChI is InChI=1S/C29H30F2N4O7S.H3N/c30-19-3-1-18(2-4-19)25(36)12-11-24-27(35(28(24)38)22-8-5-20(31)6-9-22)23-10-7-21(17-26(23)37)32-29(39)33-13-15-34(16-14-33)43(40,41)42;/h1-10,17,24-25,27,36-37H,11-16H2,(H,32,39)(H,40,41,42);1H3/t24-,25+,27-;/m1./s1. The molecule has 3 atom stereocenters. The number of hydrogen-bond donors (Lipinski definition) is 4. The fourth-order valence-corrected chi connectivity index (χ4v) is 6.06. The molecular weight excluding hydrogens is 600 g/mol. The molecule has 2 aliphatic heterocycles. The molecule has 3 amide bonds. The van der Waals surface area contributed by atoms with Gasteiger partial charge in [-0.25, -0.2) is 26.3 Å². The molecule has 2 heterocycles. The first-order valence-electron chi connectivity index (χ1n) is 13.5. The maximum absolute atomic E-state index is 13.6. The number of carbonyl (C=O) groups excluding carboxylic acids is 2. The quantitative estimate of drug-likeness (QED) is 0.214. The topological polar surface area (TPSA) is 190 Å². The number of nitrogens with zero attached hydrogens (tertiary/aromatic N) is 3. The van der Waals surface area contributed by atoms with Crippen molar-refractivity contribution < 1.29 is 41.6 Å². The lowest BCUT2D eigenvalue weighted by molar-refractivity contribution is -0.131. The van der Waals surface area contributed by atoms with Crippen LogP contribution in [0, 0.1) is 17.6 Å². The summed E-state index contributed by atoms with van der Waals surface area (Å²) >= 11 is 0. The van der Waals surface area contributed by atoms with Gasteiger partial charge in [-0.1, -0.05) is 18.2 Å². The van der Waals surface area contributed by atoms with Gasteiger partial charge in [-0.2, -0.15) is 0 Å². The number of amides is 3. The van der Waals surface area contributed by atoms with Crippen LogP contribution in [0.2, 0.25) is 0 Å². The van der Waals surface area contributed by atoms with Gasteiger partial charge in [0.25, 0.3) is 0 Å². The first-order chi connectivity index (χ1) is 20.4. The molecule has 2 aliphatic rings. The molecule has 0 unspecified atom stereocenters. The number of hydrogen-bond acceptors (Lipinski definition) is 7. The summed E-state index contributed by atoms with van der Waals surface area (Å²) in [5.74, 6) is -2.05. The van der Waals surface area contributed by atoms with Gasteiger partial charge in [0.15, 0.2) is 10.3 Å². The number of halogens is 2. The van der Waals surface area contributed by atoms with Crippen LogP contribution in [0.25, 0.3) is 0 Å². The van der Waals surface area contributed by atoms with E-state index < -0.39 is 46.0 Å². The lowest BCUT2D eigenvalue weighted by Crippen LogP contribution is -2.55. The van der Waals surface area contributed by atoms with Crippen LogP contribution in [-0.2, 0) is 15.1 Å². The predicted molar refractivity (Wildman–Crippen MR) is 157 cm³/mol. The molecule has 12 nitrogen and oxygen atoms in total. The van der Waals surface area contributed by atoms with Crippen molar-refractivity contribution in [2.24, 2.45) is 5.92 Å². The van der Waals surface area contributed by atoms with E-state index in [1.54, 1.807) is 12.1 Å². The zero-order valence-corrected chi connectivity index (χ0v) is 24.6.